The molecule has 1 saturated carbocycles. The summed E-state index contributed by atoms with van der Waals surface area (Å²) in [6.45, 7) is 2.93. The van der Waals surface area contributed by atoms with E-state index in [0.29, 0.717) is 0 Å². The molecule has 0 saturated heterocycles. The normalized spacial score (nSPS) is 19.0. The first-order valence-corrected chi connectivity index (χ1v) is 9.52. The zero-order valence-corrected chi connectivity index (χ0v) is 15.8. The molecule has 1 heterocycles. The summed E-state index contributed by atoms with van der Waals surface area (Å²) in [7, 11) is 0. The van der Waals surface area contributed by atoms with Crippen molar-refractivity contribution in [1.29, 1.82) is 0 Å². The molecule has 1 N–H and O–H groups in total. The molecule has 3 aromatic rings. The van der Waals surface area contributed by atoms with E-state index in [2.05, 4.69) is 56.7 Å². The largest absolute Gasteiger partial charge is 0.380 e. The Bertz CT molecular complexity index is 842. The molecule has 1 aliphatic rings. The predicted octanol–water partition coefficient (Wildman–Crippen LogP) is 6.02. The van der Waals surface area contributed by atoms with Crippen LogP contribution in [-0.2, 0) is 0 Å². The van der Waals surface area contributed by atoms with E-state index in [0.717, 1.165) is 45.6 Å². The van der Waals surface area contributed by atoms with Crippen LogP contribution in [0.2, 0.25) is 0 Å². The van der Waals surface area contributed by atoms with Gasteiger partial charge in [0.1, 0.15) is 11.4 Å². The number of rotatable bonds is 6. The minimum atomic E-state index is 0.734. The summed E-state index contributed by atoms with van der Waals surface area (Å²) in [6.07, 6.45) is 2.47. The zero-order valence-electron chi connectivity index (χ0n) is 14.2. The zero-order chi connectivity index (χ0) is 17.2. The first-order chi connectivity index (χ1) is 12.2. The van der Waals surface area contributed by atoms with Crippen LogP contribution >= 0.6 is 15.9 Å². The SMILES string of the molecule is Cc1noc(-c2ccc(Br)cc2)c1NCCC1CC1c1ccccc1. The van der Waals surface area contributed by atoms with Crippen molar-refractivity contribution in [3.63, 3.8) is 0 Å². The predicted molar refractivity (Wildman–Crippen MR) is 105 cm³/mol. The van der Waals surface area contributed by atoms with Crippen molar-refractivity contribution in [2.75, 3.05) is 11.9 Å². The molecule has 128 valence electrons. The molecular formula is C21H21BrN2O. The Kier molecular flexibility index (Phi) is 4.62. The summed E-state index contributed by atoms with van der Waals surface area (Å²) in [5.41, 5.74) is 4.44. The Morgan fingerprint density at radius 2 is 1.88 bits per heavy atom. The molecular weight excluding hydrogens is 376 g/mol. The van der Waals surface area contributed by atoms with Crippen LogP contribution in [-0.4, -0.2) is 11.7 Å². The molecule has 3 nitrogen and oxygen atoms in total. The van der Waals surface area contributed by atoms with Crippen LogP contribution in [0.15, 0.2) is 63.6 Å². The second-order valence-electron chi connectivity index (χ2n) is 6.71. The van der Waals surface area contributed by atoms with Gasteiger partial charge in [0, 0.05) is 16.6 Å². The smallest absolute Gasteiger partial charge is 0.190 e. The molecule has 1 aliphatic carbocycles. The fourth-order valence-electron chi connectivity index (χ4n) is 3.43. The fourth-order valence-corrected chi connectivity index (χ4v) is 3.70. The van der Waals surface area contributed by atoms with Crippen molar-refractivity contribution in [2.24, 2.45) is 5.92 Å². The Hall–Kier alpha value is -2.07. The van der Waals surface area contributed by atoms with E-state index in [1.807, 2.05) is 31.2 Å². The number of nitrogens with zero attached hydrogens (tertiary/aromatic N) is 1. The molecule has 0 radical (unpaired) electrons. The summed E-state index contributed by atoms with van der Waals surface area (Å²) in [6, 6.07) is 19.0. The third-order valence-corrected chi connectivity index (χ3v) is 5.47. The molecule has 2 aromatic carbocycles. The molecule has 4 heteroatoms. The average molecular weight is 397 g/mol. The molecule has 2 atom stereocenters. The molecule has 1 fully saturated rings. The van der Waals surface area contributed by atoms with Crippen LogP contribution in [0.4, 0.5) is 5.69 Å². The lowest BCUT2D eigenvalue weighted by Gasteiger charge is -2.07. The molecule has 2 unspecified atom stereocenters. The Morgan fingerprint density at radius 1 is 1.12 bits per heavy atom. The van der Waals surface area contributed by atoms with Crippen LogP contribution in [0.25, 0.3) is 11.3 Å². The lowest BCUT2D eigenvalue weighted by Crippen LogP contribution is -2.04. The quantitative estimate of drug-likeness (QED) is 0.553. The van der Waals surface area contributed by atoms with Crippen molar-refractivity contribution >= 4 is 21.6 Å². The van der Waals surface area contributed by atoms with Crippen LogP contribution in [0, 0.1) is 12.8 Å². The summed E-state index contributed by atoms with van der Waals surface area (Å²) in [5.74, 6) is 2.34. The lowest BCUT2D eigenvalue weighted by molar-refractivity contribution is 0.427. The maximum atomic E-state index is 5.56. The topological polar surface area (TPSA) is 38.1 Å². The van der Waals surface area contributed by atoms with E-state index in [9.17, 15) is 0 Å². The van der Waals surface area contributed by atoms with E-state index in [1.54, 1.807) is 0 Å². The number of anilines is 1. The van der Waals surface area contributed by atoms with Gasteiger partial charge in [0.15, 0.2) is 5.76 Å². The number of nitrogens with one attached hydrogen (secondary N) is 1. The van der Waals surface area contributed by atoms with E-state index in [4.69, 9.17) is 4.52 Å². The van der Waals surface area contributed by atoms with Crippen molar-refractivity contribution in [3.05, 3.63) is 70.3 Å². The third kappa shape index (κ3) is 3.64. The number of hydrogen-bond acceptors (Lipinski definition) is 3. The number of aromatic nitrogens is 1. The van der Waals surface area contributed by atoms with Crippen LogP contribution in [0.1, 0.15) is 30.0 Å². The average Bonchev–Trinajstić information content (AvgIpc) is 3.33. The van der Waals surface area contributed by atoms with Gasteiger partial charge in [0.2, 0.25) is 0 Å². The van der Waals surface area contributed by atoms with Crippen LogP contribution in [0.3, 0.4) is 0 Å². The van der Waals surface area contributed by atoms with Crippen molar-refractivity contribution in [2.45, 2.75) is 25.7 Å². The van der Waals surface area contributed by atoms with Gasteiger partial charge >= 0.3 is 0 Å². The van der Waals surface area contributed by atoms with E-state index in [-0.39, 0.29) is 0 Å². The second-order valence-corrected chi connectivity index (χ2v) is 7.62. The van der Waals surface area contributed by atoms with Gasteiger partial charge < -0.3 is 9.84 Å². The third-order valence-electron chi connectivity index (χ3n) is 4.94. The van der Waals surface area contributed by atoms with Gasteiger partial charge in [-0.05, 0) is 61.4 Å². The first kappa shape index (κ1) is 16.4. The van der Waals surface area contributed by atoms with Gasteiger partial charge in [0.25, 0.3) is 0 Å². The van der Waals surface area contributed by atoms with Crippen LogP contribution < -0.4 is 5.32 Å². The molecule has 4 rings (SSSR count). The molecule has 1 aromatic heterocycles. The second kappa shape index (κ2) is 7.04. The molecule has 25 heavy (non-hydrogen) atoms. The van der Waals surface area contributed by atoms with Crippen molar-refractivity contribution in [3.8, 4) is 11.3 Å². The number of aryl methyl sites for hydroxylation is 1. The summed E-state index contributed by atoms with van der Waals surface area (Å²) < 4.78 is 6.62. The van der Waals surface area contributed by atoms with Gasteiger partial charge in [-0.3, -0.25) is 0 Å². The van der Waals surface area contributed by atoms with Gasteiger partial charge in [-0.25, -0.2) is 0 Å². The Labute approximate surface area is 156 Å². The fraction of sp³-hybridized carbons (Fsp3) is 0.286. The van der Waals surface area contributed by atoms with Crippen molar-refractivity contribution < 1.29 is 4.52 Å². The maximum Gasteiger partial charge on any atom is 0.190 e. The molecule has 0 aliphatic heterocycles. The highest BCUT2D eigenvalue weighted by molar-refractivity contribution is 9.10. The summed E-state index contributed by atoms with van der Waals surface area (Å²) in [4.78, 5) is 0. The highest BCUT2D eigenvalue weighted by Crippen LogP contribution is 2.49. The minimum Gasteiger partial charge on any atom is -0.380 e. The molecule has 0 bridgehead atoms. The Morgan fingerprint density at radius 3 is 2.64 bits per heavy atom. The van der Waals surface area contributed by atoms with Gasteiger partial charge in [-0.15, -0.1) is 0 Å². The van der Waals surface area contributed by atoms with Gasteiger partial charge in [-0.2, -0.15) is 0 Å². The maximum absolute atomic E-state index is 5.56. The van der Waals surface area contributed by atoms with Crippen LogP contribution in [0.5, 0.6) is 0 Å². The Balaban J connectivity index is 1.38. The molecule has 0 spiro atoms. The number of hydrogen-bond donors (Lipinski definition) is 1. The standard InChI is InChI=1S/C21H21BrN2O/c1-14-20(21(25-24-14)16-7-9-18(22)10-8-16)23-12-11-17-13-19(17)15-5-3-2-4-6-15/h2-10,17,19,23H,11-13H2,1H3. The molecule has 0 amide bonds. The highest BCUT2D eigenvalue weighted by Gasteiger charge is 2.37. The van der Waals surface area contributed by atoms with E-state index in [1.165, 1.54) is 18.4 Å². The number of benzene rings is 2. The van der Waals surface area contributed by atoms with Gasteiger partial charge in [-0.1, -0.05) is 51.4 Å². The van der Waals surface area contributed by atoms with E-state index < -0.39 is 0 Å². The van der Waals surface area contributed by atoms with Gasteiger partial charge in [0.05, 0.1) is 0 Å². The van der Waals surface area contributed by atoms with Crippen molar-refractivity contribution in [1.82, 2.24) is 5.16 Å². The van der Waals surface area contributed by atoms with E-state index >= 15 is 0 Å². The minimum absolute atomic E-state index is 0.734. The summed E-state index contributed by atoms with van der Waals surface area (Å²) in [5, 5.41) is 7.69. The lowest BCUT2D eigenvalue weighted by atomic mass is 10.1. The monoisotopic (exact) mass is 396 g/mol. The highest BCUT2D eigenvalue weighted by atomic mass is 79.9. The summed E-state index contributed by atoms with van der Waals surface area (Å²) >= 11 is 3.47. The first-order valence-electron chi connectivity index (χ1n) is 8.73. The number of halogens is 1.